The Morgan fingerprint density at radius 1 is 0.338 bits per heavy atom. The van der Waals surface area contributed by atoms with Crippen LogP contribution >= 0.6 is 0 Å². The summed E-state index contributed by atoms with van der Waals surface area (Å²) in [5.41, 5.74) is 10.4. The molecule has 6 heterocycles. The number of aromatic nitrogens is 14. The molecule has 0 N–H and O–H groups in total. The normalized spacial score (nSPS) is 11.5. The van der Waals surface area contributed by atoms with E-state index in [0.29, 0.717) is 92.1 Å². The maximum Gasteiger partial charge on any atom is 0.163 e. The molecule has 74 heavy (non-hydrogen) atoms. The van der Waals surface area contributed by atoms with E-state index in [0.717, 1.165) is 77.2 Å². The molecule has 12 aromatic rings. The van der Waals surface area contributed by atoms with Gasteiger partial charge in [0, 0.05) is 54.9 Å². The number of nitrogens with zero attached hydrogens (tertiary/aromatic N) is 16. The molecule has 12 rings (SSSR count). The van der Waals surface area contributed by atoms with E-state index in [1.165, 1.54) is 0 Å². The van der Waals surface area contributed by atoms with E-state index in [9.17, 15) is 10.5 Å². The van der Waals surface area contributed by atoms with Gasteiger partial charge in [-0.3, -0.25) is 0 Å². The van der Waals surface area contributed by atoms with E-state index in [1.54, 1.807) is 0 Å². The summed E-state index contributed by atoms with van der Waals surface area (Å²) in [5.74, 6) is 7.22. The van der Waals surface area contributed by atoms with Crippen LogP contribution in [0, 0.1) is 78.1 Å². The molecule has 0 radical (unpaired) electrons. The SMILES string of the molecule is Cc1nc(C)nc(-c2ccc3c(c2)c2cc(-c4nc(C)nc(C)n4)ccc2n3-c2ccc(C#N)cc2-c2c(C#N)cccc2-n2c3ccc(-c4nc(C)nc(C)n4)cc3c3cc(-c4nc(C)nc(C)n4)ccc32)n1. The number of aryl methyl sites for hydroxylation is 8. The zero-order valence-electron chi connectivity index (χ0n) is 41.5. The molecule has 6 aromatic heterocycles. The van der Waals surface area contributed by atoms with Crippen molar-refractivity contribution >= 4 is 43.6 Å². The molecule has 0 atom stereocenters. The first-order valence-corrected chi connectivity index (χ1v) is 23.8. The van der Waals surface area contributed by atoms with Gasteiger partial charge in [0.05, 0.1) is 56.7 Å². The van der Waals surface area contributed by atoms with Crippen molar-refractivity contribution in [1.29, 1.82) is 10.5 Å². The number of hydrogen-bond donors (Lipinski definition) is 0. The molecule has 0 spiro atoms. The second kappa shape index (κ2) is 17.4. The standard InChI is InChI=1S/C58H42N16/c1-29-61-30(2)66-55(65-29)38-13-18-48-43(23-38)44-24-39(56-67-31(3)62-32(4)68-56)14-19-49(44)73(48)52-17-12-37(27-59)22-47(52)54-42(28-60)10-9-11-53(54)74-50-20-15-40(57-69-33(5)63-34(6)70-57)25-45(50)46-26-41(16-21-51(46)74)58-71-35(7)64-36(8)72-58/h9-26H,1-8H3. The average Bonchev–Trinajstić information content (AvgIpc) is 3.88. The number of nitriles is 2. The minimum atomic E-state index is 0.417. The van der Waals surface area contributed by atoms with Gasteiger partial charge in [-0.15, -0.1) is 0 Å². The predicted molar refractivity (Wildman–Crippen MR) is 283 cm³/mol. The summed E-state index contributed by atoms with van der Waals surface area (Å²) in [6.45, 7) is 14.9. The summed E-state index contributed by atoms with van der Waals surface area (Å²) >= 11 is 0. The molecule has 0 saturated carbocycles. The lowest BCUT2D eigenvalue weighted by Crippen LogP contribution is -2.04. The van der Waals surface area contributed by atoms with Crippen molar-refractivity contribution in [2.75, 3.05) is 0 Å². The second-order valence-electron chi connectivity index (χ2n) is 18.3. The molecule has 0 aliphatic carbocycles. The Balaban J connectivity index is 1.15. The van der Waals surface area contributed by atoms with E-state index in [2.05, 4.69) is 89.7 Å². The van der Waals surface area contributed by atoms with Gasteiger partial charge < -0.3 is 9.13 Å². The molecular formula is C58H42N16. The first kappa shape index (κ1) is 45.1. The largest absolute Gasteiger partial charge is 0.309 e. The molecule has 0 saturated heterocycles. The topological polar surface area (TPSA) is 212 Å². The molecule has 6 aromatic carbocycles. The molecule has 16 heteroatoms. The predicted octanol–water partition coefficient (Wildman–Crippen LogP) is 11.2. The van der Waals surface area contributed by atoms with E-state index < -0.39 is 0 Å². The van der Waals surface area contributed by atoms with Gasteiger partial charge in [-0.2, -0.15) is 10.5 Å². The molecule has 0 aliphatic heterocycles. The number of fused-ring (bicyclic) bond motifs is 6. The van der Waals surface area contributed by atoms with Crippen molar-refractivity contribution < 1.29 is 0 Å². The summed E-state index contributed by atoms with van der Waals surface area (Å²) in [6.07, 6.45) is 0. The Labute approximate surface area is 423 Å². The zero-order valence-corrected chi connectivity index (χ0v) is 41.5. The lowest BCUT2D eigenvalue weighted by Gasteiger charge is -2.20. The average molecular weight is 963 g/mol. The minimum Gasteiger partial charge on any atom is -0.309 e. The Hall–Kier alpha value is -10.1. The third-order valence-electron chi connectivity index (χ3n) is 13.0. The third-order valence-corrected chi connectivity index (χ3v) is 13.0. The lowest BCUT2D eigenvalue weighted by atomic mass is 9.94. The number of benzene rings is 6. The molecule has 0 fully saturated rings. The molecule has 0 unspecified atom stereocenters. The fourth-order valence-corrected chi connectivity index (χ4v) is 10.2. The molecule has 354 valence electrons. The van der Waals surface area contributed by atoms with Gasteiger partial charge in [-0.05, 0) is 159 Å². The summed E-state index contributed by atoms with van der Waals surface area (Å²) in [4.78, 5) is 55.6. The zero-order chi connectivity index (χ0) is 51.1. The fraction of sp³-hybridized carbons (Fsp3) is 0.138. The van der Waals surface area contributed by atoms with E-state index in [1.807, 2.05) is 116 Å². The number of rotatable bonds is 7. The van der Waals surface area contributed by atoms with Crippen molar-refractivity contribution in [3.8, 4) is 80.2 Å². The van der Waals surface area contributed by atoms with Crippen molar-refractivity contribution in [1.82, 2.24) is 68.9 Å². The molecule has 16 nitrogen and oxygen atoms in total. The highest BCUT2D eigenvalue weighted by atomic mass is 15.1. The maximum atomic E-state index is 11.2. The Bertz CT molecular complexity index is 4160. The monoisotopic (exact) mass is 962 g/mol. The van der Waals surface area contributed by atoms with Gasteiger partial charge in [0.15, 0.2) is 23.3 Å². The van der Waals surface area contributed by atoms with E-state index >= 15 is 0 Å². The summed E-state index contributed by atoms with van der Waals surface area (Å²) < 4.78 is 4.38. The summed E-state index contributed by atoms with van der Waals surface area (Å²) in [6, 6.07) is 41.1. The van der Waals surface area contributed by atoms with Gasteiger partial charge in [0.2, 0.25) is 0 Å². The summed E-state index contributed by atoms with van der Waals surface area (Å²) in [7, 11) is 0. The van der Waals surface area contributed by atoms with Crippen LogP contribution in [-0.4, -0.2) is 68.9 Å². The molecular weight excluding hydrogens is 921 g/mol. The van der Waals surface area contributed by atoms with Crippen molar-refractivity contribution in [3.05, 3.63) is 167 Å². The van der Waals surface area contributed by atoms with E-state index in [-0.39, 0.29) is 0 Å². The Kier molecular flexibility index (Phi) is 10.6. The van der Waals surface area contributed by atoms with Gasteiger partial charge >= 0.3 is 0 Å². The fourth-order valence-electron chi connectivity index (χ4n) is 10.2. The van der Waals surface area contributed by atoms with Gasteiger partial charge in [0.1, 0.15) is 46.6 Å². The van der Waals surface area contributed by atoms with Crippen LogP contribution in [0.1, 0.15) is 57.7 Å². The molecule has 0 aliphatic rings. The Morgan fingerprint density at radius 2 is 0.676 bits per heavy atom. The van der Waals surface area contributed by atoms with Crippen LogP contribution in [-0.2, 0) is 0 Å². The quantitative estimate of drug-likeness (QED) is 0.145. The van der Waals surface area contributed by atoms with Crippen LogP contribution in [0.15, 0.2) is 109 Å². The second-order valence-corrected chi connectivity index (χ2v) is 18.3. The van der Waals surface area contributed by atoms with Gasteiger partial charge in [-0.1, -0.05) is 6.07 Å². The van der Waals surface area contributed by atoms with Gasteiger partial charge in [0.25, 0.3) is 0 Å². The lowest BCUT2D eigenvalue weighted by molar-refractivity contribution is 0.928. The summed E-state index contributed by atoms with van der Waals surface area (Å²) in [5, 5.41) is 25.5. The number of hydrogen-bond acceptors (Lipinski definition) is 14. The maximum absolute atomic E-state index is 11.2. The van der Waals surface area contributed by atoms with Crippen LogP contribution in [0.4, 0.5) is 0 Å². The van der Waals surface area contributed by atoms with Crippen LogP contribution in [0.5, 0.6) is 0 Å². The van der Waals surface area contributed by atoms with Crippen molar-refractivity contribution in [2.45, 2.75) is 55.4 Å². The third kappa shape index (κ3) is 7.69. The van der Waals surface area contributed by atoms with Crippen LogP contribution in [0.2, 0.25) is 0 Å². The first-order valence-electron chi connectivity index (χ1n) is 23.8. The molecule has 0 amide bonds. The first-order chi connectivity index (χ1) is 35.8. The highest BCUT2D eigenvalue weighted by Gasteiger charge is 2.25. The van der Waals surface area contributed by atoms with E-state index in [4.69, 9.17) is 39.9 Å². The highest BCUT2D eigenvalue weighted by Crippen LogP contribution is 2.44. The van der Waals surface area contributed by atoms with Crippen molar-refractivity contribution in [3.63, 3.8) is 0 Å². The van der Waals surface area contributed by atoms with Crippen LogP contribution in [0.25, 0.3) is 112 Å². The Morgan fingerprint density at radius 3 is 1.00 bits per heavy atom. The van der Waals surface area contributed by atoms with Crippen LogP contribution in [0.3, 0.4) is 0 Å². The highest BCUT2D eigenvalue weighted by molar-refractivity contribution is 6.14. The van der Waals surface area contributed by atoms with Crippen LogP contribution < -0.4 is 0 Å². The van der Waals surface area contributed by atoms with Crippen molar-refractivity contribution in [2.24, 2.45) is 0 Å². The molecule has 0 bridgehead atoms. The minimum absolute atomic E-state index is 0.417. The smallest absolute Gasteiger partial charge is 0.163 e. The van der Waals surface area contributed by atoms with Gasteiger partial charge in [-0.25, -0.2) is 59.8 Å².